The topological polar surface area (TPSA) is 94.5 Å². The zero-order valence-electron chi connectivity index (χ0n) is 14.5. The Bertz CT molecular complexity index is 872. The summed E-state index contributed by atoms with van der Waals surface area (Å²) >= 11 is -1.51. The molecule has 0 aliphatic rings. The highest BCUT2D eigenvalue weighted by Crippen LogP contribution is 2.53. The van der Waals surface area contributed by atoms with Crippen molar-refractivity contribution in [2.24, 2.45) is 0 Å². The van der Waals surface area contributed by atoms with Gasteiger partial charge in [-0.3, -0.25) is 0 Å². The summed E-state index contributed by atoms with van der Waals surface area (Å²) < 4.78 is 85.9. The van der Waals surface area contributed by atoms with Crippen molar-refractivity contribution in [2.45, 2.75) is 17.1 Å². The van der Waals surface area contributed by atoms with Crippen LogP contribution in [0.1, 0.15) is 0 Å². The maximum absolute atomic E-state index is 13.1. The van der Waals surface area contributed by atoms with Crippen LogP contribution in [0.25, 0.3) is 10.8 Å². The summed E-state index contributed by atoms with van der Waals surface area (Å²) in [4.78, 5) is 11.7. The Kier molecular flexibility index (Phi) is 7.28. The zero-order valence-corrected chi connectivity index (χ0v) is 15.3. The smallest absolute Gasteiger partial charge is 0.425 e. The van der Waals surface area contributed by atoms with Crippen LogP contribution >= 0.6 is 12.0 Å². The van der Waals surface area contributed by atoms with E-state index >= 15 is 0 Å². The molecule has 0 aliphatic heterocycles. The van der Waals surface area contributed by atoms with Crippen molar-refractivity contribution in [1.82, 2.24) is 0 Å². The molecule has 2 aromatic rings. The van der Waals surface area contributed by atoms with E-state index in [1.807, 2.05) is 0 Å². The predicted molar refractivity (Wildman–Crippen MR) is 89.3 cm³/mol. The highest BCUT2D eigenvalue weighted by molar-refractivity contribution is 7.96. The number of fused-ring (bicyclic) bond motifs is 1. The predicted octanol–water partition coefficient (Wildman–Crippen LogP) is 4.40. The first-order chi connectivity index (χ1) is 13.9. The van der Waals surface area contributed by atoms with Gasteiger partial charge in [-0.1, -0.05) is 17.2 Å². The van der Waals surface area contributed by atoms with E-state index in [2.05, 4.69) is 14.1 Å². The second-order valence-electron chi connectivity index (χ2n) is 5.55. The summed E-state index contributed by atoms with van der Waals surface area (Å²) in [6.45, 7) is -1.55. The lowest BCUT2D eigenvalue weighted by Crippen LogP contribution is -2.60. The second kappa shape index (κ2) is 9.16. The molecule has 2 N–H and O–H groups in total. The number of benzene rings is 2. The van der Waals surface area contributed by atoms with Gasteiger partial charge in [0.1, 0.15) is 24.7 Å². The third-order valence-corrected chi connectivity index (χ3v) is 4.70. The maximum Gasteiger partial charge on any atom is 0.425 e. The van der Waals surface area contributed by atoms with Crippen LogP contribution in [0.5, 0.6) is 11.5 Å². The number of esters is 1. The van der Waals surface area contributed by atoms with E-state index in [-0.39, 0.29) is 11.5 Å². The summed E-state index contributed by atoms with van der Waals surface area (Å²) in [6.07, 6.45) is -12.4. The van der Waals surface area contributed by atoms with Gasteiger partial charge in [0.05, 0.1) is 12.0 Å². The van der Waals surface area contributed by atoms with Crippen molar-refractivity contribution in [2.75, 3.05) is 13.2 Å². The average molecular weight is 462 g/mol. The van der Waals surface area contributed by atoms with Crippen LogP contribution in [0, 0.1) is 0 Å². The molecule has 30 heavy (non-hydrogen) atoms. The van der Waals surface area contributed by atoms with E-state index < -0.39 is 48.3 Å². The van der Waals surface area contributed by atoms with Crippen molar-refractivity contribution in [3.8, 4) is 11.5 Å². The molecule has 2 rings (SSSR count). The average Bonchev–Trinajstić information content (AvgIpc) is 2.63. The summed E-state index contributed by atoms with van der Waals surface area (Å²) in [5, 5.41) is 21.4. The first-order valence-electron chi connectivity index (χ1n) is 7.75. The summed E-state index contributed by atoms with van der Waals surface area (Å²) in [5.74, 6) is -2.58. The molecule has 7 nitrogen and oxygen atoms in total. The van der Waals surface area contributed by atoms with Crippen LogP contribution in [-0.4, -0.2) is 46.6 Å². The number of rotatable bonds is 8. The molecule has 0 fully saturated rings. The minimum absolute atomic E-state index is 0.00445. The molecular formula is C16H12F6O7S. The number of aromatic hydroxyl groups is 1. The number of ether oxygens (including phenoxy) is 2. The van der Waals surface area contributed by atoms with Crippen LogP contribution in [0.4, 0.5) is 26.3 Å². The molecule has 0 saturated heterocycles. The Labute approximate surface area is 168 Å². The normalized spacial score (nSPS) is 12.8. The van der Waals surface area contributed by atoms with Gasteiger partial charge in [0, 0.05) is 5.39 Å². The highest BCUT2D eigenvalue weighted by Gasteiger charge is 2.79. The number of halogens is 6. The monoisotopic (exact) mass is 462 g/mol. The van der Waals surface area contributed by atoms with Crippen molar-refractivity contribution in [3.63, 3.8) is 0 Å². The maximum atomic E-state index is 13.1. The summed E-state index contributed by atoms with van der Waals surface area (Å²) in [6, 6.07) is 8.94. The molecule has 0 heterocycles. The van der Waals surface area contributed by atoms with Crippen molar-refractivity contribution in [1.29, 1.82) is 0 Å². The van der Waals surface area contributed by atoms with Gasteiger partial charge in [-0.25, -0.2) is 10.1 Å². The Hall–Kier alpha value is -2.42. The van der Waals surface area contributed by atoms with E-state index in [0.717, 1.165) is 0 Å². The van der Waals surface area contributed by atoms with Gasteiger partial charge < -0.3 is 14.6 Å². The van der Waals surface area contributed by atoms with Crippen LogP contribution in [0.15, 0.2) is 36.4 Å². The van der Waals surface area contributed by atoms with Crippen LogP contribution in [-0.2, 0) is 18.9 Å². The Balaban J connectivity index is 2.06. The van der Waals surface area contributed by atoms with Gasteiger partial charge in [0.15, 0.2) is 0 Å². The third kappa shape index (κ3) is 4.83. The van der Waals surface area contributed by atoms with Gasteiger partial charge in [-0.05, 0) is 29.7 Å². The molecule has 0 saturated carbocycles. The van der Waals surface area contributed by atoms with E-state index in [9.17, 15) is 36.2 Å². The molecule has 166 valence electrons. The Morgan fingerprint density at radius 2 is 1.67 bits per heavy atom. The fraction of sp³-hybridized carbons (Fsp3) is 0.312. The zero-order chi connectivity index (χ0) is 22.6. The van der Waals surface area contributed by atoms with E-state index in [1.54, 1.807) is 12.1 Å². The quantitative estimate of drug-likeness (QED) is 0.149. The molecule has 0 aromatic heterocycles. The number of carbonyl (C=O) groups excluding carboxylic acids is 1. The molecule has 0 unspecified atom stereocenters. The lowest BCUT2D eigenvalue weighted by atomic mass is 10.1. The third-order valence-electron chi connectivity index (χ3n) is 3.69. The van der Waals surface area contributed by atoms with Crippen molar-refractivity contribution < 1.29 is 60.3 Å². The van der Waals surface area contributed by atoms with Gasteiger partial charge in [0.25, 0.3) is 0 Å². The Morgan fingerprint density at radius 1 is 1.00 bits per heavy atom. The SMILES string of the molecule is O=C(OCCOc1ccc2c(O)cccc2c1)C(SOOO)(C(F)(F)F)C(F)(F)F. The summed E-state index contributed by atoms with van der Waals surface area (Å²) in [5.41, 5.74) is 0. The number of phenols is 1. The second-order valence-corrected chi connectivity index (χ2v) is 6.46. The highest BCUT2D eigenvalue weighted by atomic mass is 32.2. The Morgan fingerprint density at radius 3 is 2.27 bits per heavy atom. The molecule has 14 heteroatoms. The molecule has 0 bridgehead atoms. The standard InChI is InChI=1S/C16H12F6O7S/c17-15(18,19)14(16(20,21)22,30-29-28-25)13(24)27-7-6-26-10-4-5-11-9(8-10)2-1-3-12(11)23/h1-5,8,23,25H,6-7H2. The number of carbonyl (C=O) groups is 1. The molecule has 0 amide bonds. The van der Waals surface area contributed by atoms with Crippen LogP contribution in [0.2, 0.25) is 0 Å². The number of hydrogen-bond acceptors (Lipinski definition) is 8. The van der Waals surface area contributed by atoms with Crippen LogP contribution < -0.4 is 4.74 Å². The van der Waals surface area contributed by atoms with Crippen molar-refractivity contribution in [3.05, 3.63) is 36.4 Å². The number of hydrogen-bond donors (Lipinski definition) is 2. The first-order valence-corrected chi connectivity index (χ1v) is 8.49. The number of alkyl halides is 6. The molecular weight excluding hydrogens is 450 g/mol. The summed E-state index contributed by atoms with van der Waals surface area (Å²) in [7, 11) is 0. The largest absolute Gasteiger partial charge is 0.507 e. The number of phenolic OH excluding ortho intramolecular Hbond substituents is 1. The van der Waals surface area contributed by atoms with Gasteiger partial charge in [-0.2, -0.15) is 26.3 Å². The molecule has 2 aromatic carbocycles. The van der Waals surface area contributed by atoms with E-state index in [0.29, 0.717) is 10.8 Å². The van der Waals surface area contributed by atoms with Crippen LogP contribution in [0.3, 0.4) is 0 Å². The molecule has 0 radical (unpaired) electrons. The van der Waals surface area contributed by atoms with E-state index in [4.69, 9.17) is 9.99 Å². The van der Waals surface area contributed by atoms with Gasteiger partial charge in [-0.15, -0.1) is 4.33 Å². The molecule has 0 atom stereocenters. The lowest BCUT2D eigenvalue weighted by Gasteiger charge is -2.32. The van der Waals surface area contributed by atoms with Gasteiger partial charge in [0.2, 0.25) is 0 Å². The molecule has 0 spiro atoms. The van der Waals surface area contributed by atoms with Crippen molar-refractivity contribution >= 4 is 28.8 Å². The fourth-order valence-corrected chi connectivity index (χ4v) is 2.77. The minimum Gasteiger partial charge on any atom is -0.507 e. The van der Waals surface area contributed by atoms with E-state index in [1.165, 1.54) is 24.3 Å². The minimum atomic E-state index is -6.20. The first kappa shape index (κ1) is 23.9. The molecule has 0 aliphatic carbocycles. The fourth-order valence-electron chi connectivity index (χ4n) is 2.32. The van der Waals surface area contributed by atoms with Gasteiger partial charge >= 0.3 is 23.1 Å². The lowest BCUT2D eigenvalue weighted by molar-refractivity contribution is -0.434.